The van der Waals surface area contributed by atoms with Crippen LogP contribution in [0, 0.1) is 6.92 Å². The number of aromatic nitrogens is 2. The second-order valence-corrected chi connectivity index (χ2v) is 5.99. The Labute approximate surface area is 117 Å². The number of thioether (sulfide) groups is 1. The molecule has 1 unspecified atom stereocenters. The molecule has 0 bridgehead atoms. The second-order valence-electron chi connectivity index (χ2n) is 4.57. The summed E-state index contributed by atoms with van der Waals surface area (Å²) in [6, 6.07) is 5.33. The summed E-state index contributed by atoms with van der Waals surface area (Å²) in [5.41, 5.74) is 1.63. The van der Waals surface area contributed by atoms with E-state index in [2.05, 4.69) is 24.0 Å². The van der Waals surface area contributed by atoms with Crippen LogP contribution in [0.25, 0.3) is 11.5 Å². The van der Waals surface area contributed by atoms with Gasteiger partial charge in [0.05, 0.1) is 11.3 Å². The minimum atomic E-state index is 0.162. The SMILES string of the molecule is CCC(C)SCc1noc(-c2cc(C)ccc2O)n1. The topological polar surface area (TPSA) is 59.2 Å². The zero-order chi connectivity index (χ0) is 13.8. The molecule has 19 heavy (non-hydrogen) atoms. The summed E-state index contributed by atoms with van der Waals surface area (Å²) >= 11 is 1.80. The van der Waals surface area contributed by atoms with E-state index in [1.165, 1.54) is 0 Å². The summed E-state index contributed by atoms with van der Waals surface area (Å²) in [6.07, 6.45) is 1.12. The fourth-order valence-electron chi connectivity index (χ4n) is 1.58. The Hall–Kier alpha value is -1.49. The van der Waals surface area contributed by atoms with E-state index >= 15 is 0 Å². The third kappa shape index (κ3) is 3.50. The molecule has 1 aromatic heterocycles. The van der Waals surface area contributed by atoms with Crippen molar-refractivity contribution in [3.05, 3.63) is 29.6 Å². The van der Waals surface area contributed by atoms with Gasteiger partial charge in [-0.05, 0) is 25.5 Å². The third-order valence-corrected chi connectivity index (χ3v) is 4.25. The lowest BCUT2D eigenvalue weighted by atomic mass is 10.1. The van der Waals surface area contributed by atoms with Gasteiger partial charge < -0.3 is 9.63 Å². The van der Waals surface area contributed by atoms with E-state index in [1.54, 1.807) is 17.8 Å². The number of rotatable bonds is 5. The van der Waals surface area contributed by atoms with Gasteiger partial charge in [0.25, 0.3) is 5.89 Å². The van der Waals surface area contributed by atoms with Crippen LogP contribution in [0.4, 0.5) is 0 Å². The van der Waals surface area contributed by atoms with E-state index in [4.69, 9.17) is 4.52 Å². The average Bonchev–Trinajstić information content (AvgIpc) is 2.87. The van der Waals surface area contributed by atoms with E-state index in [9.17, 15) is 5.11 Å². The van der Waals surface area contributed by atoms with E-state index in [0.717, 1.165) is 17.7 Å². The molecule has 5 heteroatoms. The molecule has 0 aliphatic heterocycles. The summed E-state index contributed by atoms with van der Waals surface area (Å²) in [5, 5.41) is 14.4. The normalized spacial score (nSPS) is 12.6. The number of hydrogen-bond acceptors (Lipinski definition) is 5. The maximum absolute atomic E-state index is 9.82. The highest BCUT2D eigenvalue weighted by Crippen LogP contribution is 2.29. The van der Waals surface area contributed by atoms with Gasteiger partial charge in [-0.2, -0.15) is 16.7 Å². The maximum Gasteiger partial charge on any atom is 0.261 e. The average molecular weight is 278 g/mol. The van der Waals surface area contributed by atoms with Gasteiger partial charge in [-0.3, -0.25) is 0 Å². The van der Waals surface area contributed by atoms with Crippen LogP contribution in [-0.2, 0) is 5.75 Å². The highest BCUT2D eigenvalue weighted by atomic mass is 32.2. The van der Waals surface area contributed by atoms with Gasteiger partial charge in [-0.15, -0.1) is 0 Å². The first-order valence-electron chi connectivity index (χ1n) is 6.34. The van der Waals surface area contributed by atoms with Gasteiger partial charge in [0.2, 0.25) is 0 Å². The Morgan fingerprint density at radius 2 is 2.21 bits per heavy atom. The lowest BCUT2D eigenvalue weighted by Crippen LogP contribution is -1.94. The molecule has 1 N–H and O–H groups in total. The zero-order valence-electron chi connectivity index (χ0n) is 11.4. The van der Waals surface area contributed by atoms with Gasteiger partial charge in [-0.25, -0.2) is 0 Å². The minimum Gasteiger partial charge on any atom is -0.507 e. The zero-order valence-corrected chi connectivity index (χ0v) is 12.2. The van der Waals surface area contributed by atoms with Crippen LogP contribution in [0.15, 0.2) is 22.7 Å². The van der Waals surface area contributed by atoms with Crippen LogP contribution >= 0.6 is 11.8 Å². The highest BCUT2D eigenvalue weighted by molar-refractivity contribution is 7.99. The van der Waals surface area contributed by atoms with Crippen molar-refractivity contribution < 1.29 is 9.63 Å². The van der Waals surface area contributed by atoms with E-state index < -0.39 is 0 Å². The molecule has 0 aliphatic carbocycles. The van der Waals surface area contributed by atoms with Crippen LogP contribution in [0.5, 0.6) is 5.75 Å². The van der Waals surface area contributed by atoms with Gasteiger partial charge in [-0.1, -0.05) is 30.6 Å². The fourth-order valence-corrected chi connectivity index (χ4v) is 2.36. The minimum absolute atomic E-state index is 0.162. The number of benzene rings is 1. The van der Waals surface area contributed by atoms with Crippen molar-refractivity contribution in [2.45, 2.75) is 38.2 Å². The summed E-state index contributed by atoms with van der Waals surface area (Å²) < 4.78 is 5.22. The van der Waals surface area contributed by atoms with Crippen molar-refractivity contribution in [1.82, 2.24) is 10.1 Å². The number of hydrogen-bond donors (Lipinski definition) is 1. The van der Waals surface area contributed by atoms with Crippen molar-refractivity contribution in [3.8, 4) is 17.2 Å². The van der Waals surface area contributed by atoms with Crippen molar-refractivity contribution in [2.75, 3.05) is 0 Å². The molecule has 1 aromatic carbocycles. The van der Waals surface area contributed by atoms with Crippen LogP contribution in [0.3, 0.4) is 0 Å². The molecule has 0 amide bonds. The Balaban J connectivity index is 2.14. The molecule has 4 nitrogen and oxygen atoms in total. The van der Waals surface area contributed by atoms with E-state index in [-0.39, 0.29) is 5.75 Å². The first kappa shape index (κ1) is 13.9. The molecule has 1 heterocycles. The molecule has 0 saturated carbocycles. The quantitative estimate of drug-likeness (QED) is 0.901. The molecule has 2 rings (SSSR count). The summed E-state index contributed by atoms with van der Waals surface area (Å²) in [6.45, 7) is 6.29. The second kappa shape index (κ2) is 6.10. The molecule has 2 aromatic rings. The first-order valence-corrected chi connectivity index (χ1v) is 7.39. The number of phenols is 1. The Morgan fingerprint density at radius 1 is 1.42 bits per heavy atom. The molecule has 0 spiro atoms. The third-order valence-electron chi connectivity index (χ3n) is 2.92. The lowest BCUT2D eigenvalue weighted by molar-refractivity contribution is 0.419. The van der Waals surface area contributed by atoms with Crippen LogP contribution < -0.4 is 0 Å². The molecule has 102 valence electrons. The largest absolute Gasteiger partial charge is 0.507 e. The number of aromatic hydroxyl groups is 1. The summed E-state index contributed by atoms with van der Waals surface area (Å²) in [5.74, 6) is 1.93. The first-order chi connectivity index (χ1) is 9.10. The summed E-state index contributed by atoms with van der Waals surface area (Å²) in [7, 11) is 0. The predicted octanol–water partition coefficient (Wildman–Crippen LogP) is 3.78. The smallest absolute Gasteiger partial charge is 0.261 e. The molecule has 1 atom stereocenters. The van der Waals surface area contributed by atoms with Gasteiger partial charge in [0, 0.05) is 5.25 Å². The van der Waals surface area contributed by atoms with Crippen LogP contribution in [0.2, 0.25) is 0 Å². The fraction of sp³-hybridized carbons (Fsp3) is 0.429. The lowest BCUT2D eigenvalue weighted by Gasteiger charge is -2.04. The molecule has 0 saturated heterocycles. The predicted molar refractivity (Wildman–Crippen MR) is 77.2 cm³/mol. The standard InChI is InChI=1S/C14H18N2O2S/c1-4-10(3)19-8-13-15-14(18-16-13)11-7-9(2)5-6-12(11)17/h5-7,10,17H,4,8H2,1-3H3. The van der Waals surface area contributed by atoms with Crippen molar-refractivity contribution in [2.24, 2.45) is 0 Å². The molecule has 0 radical (unpaired) electrons. The Bertz CT molecular complexity index is 554. The van der Waals surface area contributed by atoms with Gasteiger partial charge >= 0.3 is 0 Å². The number of nitrogens with zero attached hydrogens (tertiary/aromatic N) is 2. The summed E-state index contributed by atoms with van der Waals surface area (Å²) in [4.78, 5) is 4.33. The van der Waals surface area contributed by atoms with Gasteiger partial charge in [0.1, 0.15) is 5.75 Å². The molecule has 0 fully saturated rings. The van der Waals surface area contributed by atoms with Crippen LogP contribution in [0.1, 0.15) is 31.7 Å². The van der Waals surface area contributed by atoms with Gasteiger partial charge in [0.15, 0.2) is 5.82 Å². The molecule has 0 aliphatic rings. The van der Waals surface area contributed by atoms with E-state index in [1.807, 2.05) is 19.1 Å². The van der Waals surface area contributed by atoms with Crippen molar-refractivity contribution in [1.29, 1.82) is 0 Å². The Morgan fingerprint density at radius 3 is 2.95 bits per heavy atom. The maximum atomic E-state index is 9.82. The highest BCUT2D eigenvalue weighted by Gasteiger charge is 2.13. The van der Waals surface area contributed by atoms with Crippen LogP contribution in [-0.4, -0.2) is 20.5 Å². The molecular formula is C14H18N2O2S. The monoisotopic (exact) mass is 278 g/mol. The number of aryl methyl sites for hydroxylation is 1. The number of phenolic OH excluding ortho intramolecular Hbond substituents is 1. The van der Waals surface area contributed by atoms with Crippen molar-refractivity contribution in [3.63, 3.8) is 0 Å². The van der Waals surface area contributed by atoms with E-state index in [0.29, 0.717) is 22.5 Å². The van der Waals surface area contributed by atoms with Crippen molar-refractivity contribution >= 4 is 11.8 Å². The Kier molecular flexibility index (Phi) is 4.47. The molecular weight excluding hydrogens is 260 g/mol.